The number of fused-ring (bicyclic) bond motifs is 3. The maximum atomic E-state index is 12.3. The van der Waals surface area contributed by atoms with Gasteiger partial charge in [-0.05, 0) is 39.7 Å². The van der Waals surface area contributed by atoms with Crippen molar-refractivity contribution in [1.82, 2.24) is 9.97 Å². The lowest BCUT2D eigenvalue weighted by Crippen LogP contribution is -2.08. The van der Waals surface area contributed by atoms with E-state index in [1.807, 2.05) is 62.4 Å². The molecule has 0 fully saturated rings. The van der Waals surface area contributed by atoms with E-state index in [4.69, 9.17) is 11.6 Å². The molecule has 0 aliphatic heterocycles. The second-order valence-electron chi connectivity index (χ2n) is 5.07. The average Bonchev–Trinajstić information content (AvgIpc) is 2.96. The normalized spacial score (nSPS) is 10.7. The lowest BCUT2D eigenvalue weighted by Gasteiger charge is -2.06. The molecule has 0 radical (unpaired) electrons. The highest BCUT2D eigenvalue weighted by atomic mass is 79.9. The molecule has 0 atom stereocenters. The summed E-state index contributed by atoms with van der Waals surface area (Å²) in [6, 6.07) is 15.4. The van der Waals surface area contributed by atoms with E-state index < -0.39 is 0 Å². The third-order valence-corrected chi connectivity index (χ3v) is 4.72. The van der Waals surface area contributed by atoms with Gasteiger partial charge in [0.15, 0.2) is 0 Å². The molecule has 2 aromatic carbocycles. The Balaban J connectivity index is 0.000000815. The molecule has 2 aromatic heterocycles. The molecular weight excluding hydrogens is 388 g/mol. The fraction of sp³-hybridized carbons (Fsp3) is 0.105. The van der Waals surface area contributed by atoms with E-state index in [9.17, 15) is 4.79 Å². The smallest absolute Gasteiger partial charge is 0.263 e. The van der Waals surface area contributed by atoms with Gasteiger partial charge >= 0.3 is 0 Å². The van der Waals surface area contributed by atoms with Gasteiger partial charge in [-0.1, -0.05) is 55.8 Å². The SMILES string of the molecule is CC.O=c1[nH]c2c([nH]c3ccc(Cl)cc32)c(-c2ccccc2)c1Br. The summed E-state index contributed by atoms with van der Waals surface area (Å²) in [4.78, 5) is 18.6. The Morgan fingerprint density at radius 1 is 0.958 bits per heavy atom. The second kappa shape index (κ2) is 6.83. The summed E-state index contributed by atoms with van der Waals surface area (Å²) in [5.41, 5.74) is 4.26. The van der Waals surface area contributed by atoms with Crippen LogP contribution in [0.3, 0.4) is 0 Å². The molecule has 24 heavy (non-hydrogen) atoms. The molecular formula is C19H16BrClN2O. The quantitative estimate of drug-likeness (QED) is 0.395. The molecule has 0 aliphatic carbocycles. The van der Waals surface area contributed by atoms with Crippen LogP contribution >= 0.6 is 27.5 Å². The lowest BCUT2D eigenvalue weighted by molar-refractivity contribution is 1.28. The number of rotatable bonds is 1. The van der Waals surface area contributed by atoms with Crippen molar-refractivity contribution >= 4 is 49.5 Å². The van der Waals surface area contributed by atoms with E-state index >= 15 is 0 Å². The van der Waals surface area contributed by atoms with Crippen molar-refractivity contribution in [2.75, 3.05) is 0 Å². The van der Waals surface area contributed by atoms with Crippen molar-refractivity contribution in [3.8, 4) is 11.1 Å². The Morgan fingerprint density at radius 2 is 1.67 bits per heavy atom. The number of nitrogens with one attached hydrogen (secondary N) is 2. The van der Waals surface area contributed by atoms with Gasteiger partial charge in [0.2, 0.25) is 0 Å². The highest BCUT2D eigenvalue weighted by Gasteiger charge is 2.16. The summed E-state index contributed by atoms with van der Waals surface area (Å²) >= 11 is 9.51. The molecule has 0 bridgehead atoms. The van der Waals surface area contributed by atoms with Gasteiger partial charge < -0.3 is 9.97 Å². The zero-order chi connectivity index (χ0) is 17.3. The van der Waals surface area contributed by atoms with Crippen molar-refractivity contribution in [2.24, 2.45) is 0 Å². The average molecular weight is 404 g/mol. The second-order valence-corrected chi connectivity index (χ2v) is 6.30. The third-order valence-electron chi connectivity index (χ3n) is 3.73. The minimum absolute atomic E-state index is 0.160. The van der Waals surface area contributed by atoms with E-state index in [-0.39, 0.29) is 5.56 Å². The molecule has 2 heterocycles. The first-order valence-electron chi connectivity index (χ1n) is 7.73. The van der Waals surface area contributed by atoms with Crippen LogP contribution < -0.4 is 5.56 Å². The van der Waals surface area contributed by atoms with Gasteiger partial charge in [-0.15, -0.1) is 0 Å². The van der Waals surface area contributed by atoms with Crippen molar-refractivity contribution in [3.05, 3.63) is 68.4 Å². The van der Waals surface area contributed by atoms with Gasteiger partial charge in [0.25, 0.3) is 5.56 Å². The molecule has 0 saturated carbocycles. The molecule has 3 nitrogen and oxygen atoms in total. The molecule has 2 N–H and O–H groups in total. The van der Waals surface area contributed by atoms with Crippen LogP contribution in [-0.2, 0) is 0 Å². The van der Waals surface area contributed by atoms with Gasteiger partial charge in [-0.2, -0.15) is 0 Å². The molecule has 4 rings (SSSR count). The Hall–Kier alpha value is -2.04. The van der Waals surface area contributed by atoms with E-state index in [2.05, 4.69) is 25.9 Å². The van der Waals surface area contributed by atoms with Crippen LogP contribution in [0.15, 0.2) is 57.8 Å². The number of halogens is 2. The highest BCUT2D eigenvalue weighted by molar-refractivity contribution is 9.10. The van der Waals surface area contributed by atoms with Crippen LogP contribution in [-0.4, -0.2) is 9.97 Å². The molecule has 0 amide bonds. The zero-order valence-electron chi connectivity index (χ0n) is 13.3. The van der Waals surface area contributed by atoms with E-state index in [1.54, 1.807) is 0 Å². The number of aromatic amines is 2. The minimum atomic E-state index is -0.160. The van der Waals surface area contributed by atoms with Crippen LogP contribution in [0.25, 0.3) is 33.1 Å². The highest BCUT2D eigenvalue weighted by Crippen LogP contribution is 2.35. The lowest BCUT2D eigenvalue weighted by atomic mass is 10.1. The maximum Gasteiger partial charge on any atom is 0.263 e. The summed E-state index contributed by atoms with van der Waals surface area (Å²) in [7, 11) is 0. The predicted octanol–water partition coefficient (Wildman–Crippen LogP) is 6.12. The Kier molecular flexibility index (Phi) is 4.78. The van der Waals surface area contributed by atoms with Gasteiger partial charge in [0, 0.05) is 21.5 Å². The molecule has 5 heteroatoms. The fourth-order valence-electron chi connectivity index (χ4n) is 2.75. The summed E-state index contributed by atoms with van der Waals surface area (Å²) < 4.78 is 0.517. The number of hydrogen-bond donors (Lipinski definition) is 2. The summed E-state index contributed by atoms with van der Waals surface area (Å²) in [6.45, 7) is 4.00. The Morgan fingerprint density at radius 3 is 2.38 bits per heavy atom. The van der Waals surface area contributed by atoms with Crippen LogP contribution in [0.4, 0.5) is 0 Å². The van der Waals surface area contributed by atoms with Gasteiger partial charge in [0.1, 0.15) is 0 Å². The Bertz CT molecular complexity index is 1070. The fourth-order valence-corrected chi connectivity index (χ4v) is 3.45. The first-order valence-corrected chi connectivity index (χ1v) is 8.90. The number of aromatic nitrogens is 2. The van der Waals surface area contributed by atoms with Crippen molar-refractivity contribution in [2.45, 2.75) is 13.8 Å². The largest absolute Gasteiger partial charge is 0.353 e. The monoisotopic (exact) mass is 402 g/mol. The number of H-pyrrole nitrogens is 2. The molecule has 0 spiro atoms. The van der Waals surface area contributed by atoms with Crippen molar-refractivity contribution < 1.29 is 0 Å². The topological polar surface area (TPSA) is 48.6 Å². The molecule has 0 aliphatic rings. The number of pyridine rings is 1. The van der Waals surface area contributed by atoms with Gasteiger partial charge in [-0.3, -0.25) is 4.79 Å². The maximum absolute atomic E-state index is 12.3. The van der Waals surface area contributed by atoms with Crippen LogP contribution in [0.2, 0.25) is 5.02 Å². The Labute approximate surface area is 152 Å². The molecule has 0 saturated heterocycles. The van der Waals surface area contributed by atoms with Crippen LogP contribution in [0.1, 0.15) is 13.8 Å². The predicted molar refractivity (Wildman–Crippen MR) is 106 cm³/mol. The van der Waals surface area contributed by atoms with Crippen LogP contribution in [0, 0.1) is 0 Å². The van der Waals surface area contributed by atoms with E-state index in [0.717, 1.165) is 33.1 Å². The third kappa shape index (κ3) is 2.76. The molecule has 0 unspecified atom stereocenters. The summed E-state index contributed by atoms with van der Waals surface area (Å²) in [6.07, 6.45) is 0. The van der Waals surface area contributed by atoms with E-state index in [0.29, 0.717) is 9.50 Å². The van der Waals surface area contributed by atoms with Crippen molar-refractivity contribution in [1.29, 1.82) is 0 Å². The first-order chi connectivity index (χ1) is 11.6. The zero-order valence-corrected chi connectivity index (χ0v) is 15.6. The van der Waals surface area contributed by atoms with E-state index in [1.165, 1.54) is 0 Å². The van der Waals surface area contributed by atoms with Crippen molar-refractivity contribution in [3.63, 3.8) is 0 Å². The summed E-state index contributed by atoms with van der Waals surface area (Å²) in [5, 5.41) is 1.54. The molecule has 4 aromatic rings. The molecule has 122 valence electrons. The number of hydrogen-bond acceptors (Lipinski definition) is 1. The van der Waals surface area contributed by atoms with Gasteiger partial charge in [0.05, 0.1) is 15.5 Å². The first kappa shape index (κ1) is 16.8. The minimum Gasteiger partial charge on any atom is -0.353 e. The summed E-state index contributed by atoms with van der Waals surface area (Å²) in [5.74, 6) is 0. The number of benzene rings is 2. The van der Waals surface area contributed by atoms with Gasteiger partial charge in [-0.25, -0.2) is 0 Å². The van der Waals surface area contributed by atoms with Crippen LogP contribution in [0.5, 0.6) is 0 Å². The standard InChI is InChI=1S/C17H10BrClN2O.C2H6/c18-14-13(9-4-2-1-3-5-9)16-15(21-17(14)22)11-8-10(19)6-7-12(11)20-16;1-2/h1-8,20H,(H,21,22);1-2H3.